The van der Waals surface area contributed by atoms with Crippen LogP contribution in [0.1, 0.15) is 0 Å². The van der Waals surface area contributed by atoms with E-state index >= 15 is 0 Å². The molecule has 11 heteroatoms. The van der Waals surface area contributed by atoms with Crippen LogP contribution in [0.4, 0.5) is 0 Å². The molecule has 2 aromatic carbocycles. The summed E-state index contributed by atoms with van der Waals surface area (Å²) in [5, 5.41) is 9.83. The Hall–Kier alpha value is -0.800. The van der Waals surface area contributed by atoms with Crippen LogP contribution in [0.3, 0.4) is 0 Å². The maximum absolute atomic E-state index is 12.5. The maximum Gasteiger partial charge on any atom is 0.344 e. The topological polar surface area (TPSA) is 107 Å². The van der Waals surface area contributed by atoms with E-state index in [1.807, 2.05) is 0 Å². The van der Waals surface area contributed by atoms with Gasteiger partial charge < -0.3 is 13.5 Å². The molecule has 122 valence electrons. The molecule has 1 N–H and O–H groups in total. The van der Waals surface area contributed by atoms with Crippen LogP contribution in [0, 0.1) is 7.14 Å². The number of halogens is 2. The Balaban J connectivity index is 2.43. The van der Waals surface area contributed by atoms with Crippen LogP contribution in [-0.2, 0) is 20.2 Å². The number of phenolic OH excluding ortho intramolecular Hbond substituents is 1. The zero-order chi connectivity index (χ0) is 17.0. The SMILES string of the molecule is O=S1(=O)Oc2c(I)c(O)cc(I)c2S(=O)(=O)Oc2ccccc21. The van der Waals surface area contributed by atoms with Gasteiger partial charge >= 0.3 is 20.2 Å². The van der Waals surface area contributed by atoms with Crippen molar-refractivity contribution >= 4 is 65.4 Å². The summed E-state index contributed by atoms with van der Waals surface area (Å²) in [7, 11) is -8.68. The Morgan fingerprint density at radius 1 is 0.957 bits per heavy atom. The Labute approximate surface area is 159 Å². The number of rotatable bonds is 0. The van der Waals surface area contributed by atoms with Gasteiger partial charge in [-0.05, 0) is 63.4 Å². The molecule has 0 amide bonds. The van der Waals surface area contributed by atoms with Gasteiger partial charge in [-0.25, -0.2) is 0 Å². The average Bonchev–Trinajstić information content (AvgIpc) is 2.42. The predicted molar refractivity (Wildman–Crippen MR) is 95.6 cm³/mol. The third-order valence-corrected chi connectivity index (χ3v) is 7.70. The molecule has 23 heavy (non-hydrogen) atoms. The molecule has 2 aromatic rings. The lowest BCUT2D eigenvalue weighted by molar-refractivity contribution is 0.433. The van der Waals surface area contributed by atoms with Crippen LogP contribution < -0.4 is 8.37 Å². The second-order valence-electron chi connectivity index (χ2n) is 4.37. The van der Waals surface area contributed by atoms with Crippen molar-refractivity contribution < 1.29 is 30.3 Å². The quantitative estimate of drug-likeness (QED) is 0.377. The highest BCUT2D eigenvalue weighted by atomic mass is 127. The lowest BCUT2D eigenvalue weighted by atomic mass is 10.3. The molecule has 0 aliphatic carbocycles. The van der Waals surface area contributed by atoms with Crippen LogP contribution in [0.15, 0.2) is 40.1 Å². The predicted octanol–water partition coefficient (Wildman–Crippen LogP) is 2.45. The zero-order valence-electron chi connectivity index (χ0n) is 10.9. The standard InChI is InChI=1S/C12H6I2O7S2/c13-6-5-7(15)10(14)11-12(6)23(18,19)20-8-3-1-2-4-9(8)22(16,17)21-11/h1-5,15H. The molecule has 1 heterocycles. The number of hydrogen-bond acceptors (Lipinski definition) is 7. The van der Waals surface area contributed by atoms with Crippen molar-refractivity contribution in [1.82, 2.24) is 0 Å². The summed E-state index contributed by atoms with van der Waals surface area (Å²) in [5.74, 6) is -1.13. The summed E-state index contributed by atoms with van der Waals surface area (Å²) >= 11 is 3.26. The molecule has 0 saturated heterocycles. The van der Waals surface area contributed by atoms with Gasteiger partial charge in [0.05, 0.1) is 0 Å². The molecule has 1 aliphatic rings. The van der Waals surface area contributed by atoms with Gasteiger partial charge in [-0.1, -0.05) is 12.1 Å². The van der Waals surface area contributed by atoms with Crippen LogP contribution in [-0.4, -0.2) is 21.9 Å². The minimum Gasteiger partial charge on any atom is -0.507 e. The third kappa shape index (κ3) is 2.87. The van der Waals surface area contributed by atoms with Crippen molar-refractivity contribution in [3.63, 3.8) is 0 Å². The molecule has 1 aliphatic heterocycles. The largest absolute Gasteiger partial charge is 0.507 e. The molecule has 0 atom stereocenters. The molecule has 0 spiro atoms. The first-order valence-corrected chi connectivity index (χ1v) is 10.8. The number of phenols is 1. The van der Waals surface area contributed by atoms with Crippen molar-refractivity contribution in [2.45, 2.75) is 9.79 Å². The number of fused-ring (bicyclic) bond motifs is 2. The highest BCUT2D eigenvalue weighted by Crippen LogP contribution is 2.43. The van der Waals surface area contributed by atoms with E-state index in [1.54, 1.807) is 45.2 Å². The van der Waals surface area contributed by atoms with Crippen molar-refractivity contribution in [3.05, 3.63) is 37.5 Å². The lowest BCUT2D eigenvalue weighted by Crippen LogP contribution is -2.22. The van der Waals surface area contributed by atoms with E-state index in [9.17, 15) is 21.9 Å². The minimum absolute atomic E-state index is 0.0480. The van der Waals surface area contributed by atoms with E-state index < -0.39 is 35.8 Å². The van der Waals surface area contributed by atoms with Crippen molar-refractivity contribution in [1.29, 1.82) is 0 Å². The molecule has 0 bridgehead atoms. The smallest absolute Gasteiger partial charge is 0.344 e. The van der Waals surface area contributed by atoms with E-state index in [2.05, 4.69) is 0 Å². The highest BCUT2D eigenvalue weighted by molar-refractivity contribution is 14.1. The highest BCUT2D eigenvalue weighted by Gasteiger charge is 2.37. The first kappa shape index (κ1) is 17.0. The molecule has 0 saturated carbocycles. The van der Waals surface area contributed by atoms with Gasteiger partial charge in [-0.2, -0.15) is 16.8 Å². The Kier molecular flexibility index (Phi) is 4.17. The maximum atomic E-state index is 12.5. The summed E-state index contributed by atoms with van der Waals surface area (Å²) in [6.07, 6.45) is 0. The average molecular weight is 580 g/mol. The minimum atomic E-state index is -4.35. The van der Waals surface area contributed by atoms with Gasteiger partial charge in [0.2, 0.25) is 0 Å². The summed E-state index contributed by atoms with van der Waals surface area (Å²) in [6.45, 7) is 0. The molecule has 7 nitrogen and oxygen atoms in total. The van der Waals surface area contributed by atoms with Gasteiger partial charge in [-0.3, -0.25) is 0 Å². The number of aromatic hydroxyl groups is 1. The number of para-hydroxylation sites is 1. The van der Waals surface area contributed by atoms with Gasteiger partial charge in [0.15, 0.2) is 16.4 Å². The van der Waals surface area contributed by atoms with E-state index in [0.29, 0.717) is 0 Å². The fourth-order valence-corrected chi connectivity index (χ4v) is 6.45. The van der Waals surface area contributed by atoms with Gasteiger partial charge in [-0.15, -0.1) is 0 Å². The Morgan fingerprint density at radius 3 is 2.30 bits per heavy atom. The Morgan fingerprint density at radius 2 is 1.61 bits per heavy atom. The molecular weight excluding hydrogens is 574 g/mol. The van der Waals surface area contributed by atoms with Crippen LogP contribution in [0.25, 0.3) is 0 Å². The number of benzene rings is 2. The molecule has 0 unspecified atom stereocenters. The fraction of sp³-hybridized carbons (Fsp3) is 0. The molecule has 0 aromatic heterocycles. The van der Waals surface area contributed by atoms with Crippen LogP contribution in [0.2, 0.25) is 0 Å². The summed E-state index contributed by atoms with van der Waals surface area (Å²) in [5.41, 5.74) is 0. The molecule has 0 fully saturated rings. The zero-order valence-corrected chi connectivity index (χ0v) is 16.8. The van der Waals surface area contributed by atoms with Crippen molar-refractivity contribution in [2.75, 3.05) is 0 Å². The Bertz CT molecular complexity index is 1030. The van der Waals surface area contributed by atoms with Crippen molar-refractivity contribution in [2.24, 2.45) is 0 Å². The second-order valence-corrected chi connectivity index (χ2v) is 9.61. The molecule has 3 rings (SSSR count). The van der Waals surface area contributed by atoms with E-state index in [0.717, 1.165) is 0 Å². The summed E-state index contributed by atoms with van der Waals surface area (Å²) in [4.78, 5) is -0.859. The van der Waals surface area contributed by atoms with Crippen LogP contribution >= 0.6 is 45.2 Å². The van der Waals surface area contributed by atoms with Gasteiger partial charge in [0, 0.05) is 3.57 Å². The summed E-state index contributed by atoms with van der Waals surface area (Å²) in [6, 6.07) is 6.43. The van der Waals surface area contributed by atoms with E-state index in [1.165, 1.54) is 30.3 Å². The van der Waals surface area contributed by atoms with E-state index in [4.69, 9.17) is 8.37 Å². The van der Waals surface area contributed by atoms with E-state index in [-0.39, 0.29) is 18.6 Å². The monoisotopic (exact) mass is 580 g/mol. The van der Waals surface area contributed by atoms with Gasteiger partial charge in [0.25, 0.3) is 0 Å². The second kappa shape index (κ2) is 5.63. The normalized spacial score (nSPS) is 17.7. The van der Waals surface area contributed by atoms with Crippen molar-refractivity contribution in [3.8, 4) is 17.2 Å². The first-order chi connectivity index (χ1) is 10.6. The third-order valence-electron chi connectivity index (χ3n) is 2.87. The number of hydrogen-bond donors (Lipinski definition) is 1. The van der Waals surface area contributed by atoms with Gasteiger partial charge in [0.1, 0.15) is 14.2 Å². The summed E-state index contributed by atoms with van der Waals surface area (Å²) < 4.78 is 59.9. The van der Waals surface area contributed by atoms with Crippen LogP contribution in [0.5, 0.6) is 17.2 Å². The molecule has 0 radical (unpaired) electrons. The molecular formula is C12H6I2O7S2. The fourth-order valence-electron chi connectivity index (χ4n) is 1.92. The first-order valence-electron chi connectivity index (χ1n) is 5.82. The lowest BCUT2D eigenvalue weighted by Gasteiger charge is -2.20.